The summed E-state index contributed by atoms with van der Waals surface area (Å²) < 4.78 is 0. The summed E-state index contributed by atoms with van der Waals surface area (Å²) in [5, 5.41) is 12.3. The zero-order valence-corrected chi connectivity index (χ0v) is 13.9. The summed E-state index contributed by atoms with van der Waals surface area (Å²) in [6.45, 7) is 12.5. The fraction of sp³-hybridized carbons (Fsp3) is 0.571. The van der Waals surface area contributed by atoms with Crippen molar-refractivity contribution in [2.45, 2.75) is 52.4 Å². The van der Waals surface area contributed by atoms with Crippen molar-refractivity contribution in [1.29, 1.82) is 0 Å². The van der Waals surface area contributed by atoms with Crippen LogP contribution in [0.1, 0.15) is 52.7 Å². The summed E-state index contributed by atoms with van der Waals surface area (Å²) >= 11 is 0. The molecule has 0 saturated heterocycles. The first-order valence-corrected chi connectivity index (χ1v) is 5.45. The maximum atomic E-state index is 12.3. The Morgan fingerprint density at radius 1 is 0.824 bits per heavy atom. The molecule has 0 N–H and O–H groups in total. The number of rotatable bonds is 0. The third kappa shape index (κ3) is 4.68. The molecule has 0 fully saturated rings. The fourth-order valence-electron chi connectivity index (χ4n) is 1.72. The number of hydrogen-bond donors (Lipinski definition) is 0. The first-order valence-electron chi connectivity index (χ1n) is 5.45. The zero-order chi connectivity index (χ0) is 11.9. The van der Waals surface area contributed by atoms with E-state index in [1.54, 1.807) is 0 Å². The largest absolute Gasteiger partial charge is 2.00 e. The molecule has 3 heteroatoms. The van der Waals surface area contributed by atoms with Crippen molar-refractivity contribution in [3.05, 3.63) is 29.3 Å². The van der Waals surface area contributed by atoms with Crippen LogP contribution < -0.4 is 17.5 Å². The van der Waals surface area contributed by atoms with Gasteiger partial charge in [-0.15, -0.1) is 5.75 Å². The Balaban J connectivity index is 0. The van der Waals surface area contributed by atoms with Gasteiger partial charge < -0.3 is 17.5 Å². The minimum atomic E-state index is -0.0711. The van der Waals surface area contributed by atoms with Crippen LogP contribution in [0.25, 0.3) is 0 Å². The first kappa shape index (κ1) is 19.4. The van der Waals surface area contributed by atoms with E-state index in [4.69, 9.17) is 0 Å². The first-order chi connectivity index (χ1) is 6.64. The number of benzene rings is 1. The minimum Gasteiger partial charge on any atom is -1.00 e. The van der Waals surface area contributed by atoms with E-state index in [1.165, 1.54) is 0 Å². The molecule has 92 valence electrons. The molecule has 1 rings (SSSR count). The van der Waals surface area contributed by atoms with Gasteiger partial charge in [0.1, 0.15) is 0 Å². The van der Waals surface area contributed by atoms with Gasteiger partial charge in [-0.05, 0) is 10.8 Å². The predicted octanol–water partition coefficient (Wildman–Crippen LogP) is -0.0216. The molecule has 0 atom stereocenters. The van der Waals surface area contributed by atoms with Gasteiger partial charge >= 0.3 is 23.1 Å². The SMILES string of the molecule is CC(C)(C)c1cccc(C(C)(C)C)c1[O-].[Cl-].[Mg+2]. The molecule has 0 bridgehead atoms. The van der Waals surface area contributed by atoms with E-state index in [0.29, 0.717) is 0 Å². The summed E-state index contributed by atoms with van der Waals surface area (Å²) in [5.41, 5.74) is 1.68. The minimum absolute atomic E-state index is 0. The van der Waals surface area contributed by atoms with Crippen LogP contribution in [-0.2, 0) is 10.8 Å². The van der Waals surface area contributed by atoms with E-state index in [0.717, 1.165) is 11.1 Å². The Morgan fingerprint density at radius 2 is 1.12 bits per heavy atom. The Kier molecular flexibility index (Phi) is 7.20. The van der Waals surface area contributed by atoms with Crippen LogP contribution in [0.2, 0.25) is 0 Å². The van der Waals surface area contributed by atoms with Crippen molar-refractivity contribution in [3.63, 3.8) is 0 Å². The topological polar surface area (TPSA) is 23.1 Å². The molecule has 1 aromatic carbocycles. The van der Waals surface area contributed by atoms with Crippen molar-refractivity contribution in [1.82, 2.24) is 0 Å². The van der Waals surface area contributed by atoms with Gasteiger partial charge in [0.05, 0.1) is 0 Å². The molecule has 17 heavy (non-hydrogen) atoms. The fourth-order valence-corrected chi connectivity index (χ4v) is 1.72. The van der Waals surface area contributed by atoms with Crippen LogP contribution in [0.15, 0.2) is 18.2 Å². The molecule has 0 unspecified atom stereocenters. The summed E-state index contributed by atoms with van der Waals surface area (Å²) in [7, 11) is 0. The van der Waals surface area contributed by atoms with Gasteiger partial charge in [-0.25, -0.2) is 0 Å². The maximum absolute atomic E-state index is 12.3. The van der Waals surface area contributed by atoms with Crippen LogP contribution in [0.3, 0.4) is 0 Å². The molecule has 0 aliphatic heterocycles. The van der Waals surface area contributed by atoms with Crippen LogP contribution >= 0.6 is 0 Å². The Bertz CT molecular complexity index is 329. The van der Waals surface area contributed by atoms with Crippen molar-refractivity contribution in [2.24, 2.45) is 0 Å². The Hall–Kier alpha value is 0.0762. The monoisotopic (exact) mass is 264 g/mol. The van der Waals surface area contributed by atoms with E-state index >= 15 is 0 Å². The molecule has 0 aliphatic rings. The molecule has 0 saturated carbocycles. The van der Waals surface area contributed by atoms with Crippen molar-refractivity contribution in [3.8, 4) is 5.75 Å². The summed E-state index contributed by atoms with van der Waals surface area (Å²) in [6, 6.07) is 5.87. The van der Waals surface area contributed by atoms with E-state index < -0.39 is 0 Å². The molecule has 0 heterocycles. The van der Waals surface area contributed by atoms with Crippen LogP contribution in [-0.4, -0.2) is 23.1 Å². The van der Waals surface area contributed by atoms with E-state index in [2.05, 4.69) is 41.5 Å². The molecule has 1 nitrogen and oxygen atoms in total. The van der Waals surface area contributed by atoms with Crippen LogP contribution in [0.4, 0.5) is 0 Å². The molecule has 0 aromatic heterocycles. The molecule has 1 aromatic rings. The normalized spacial score (nSPS) is 11.4. The van der Waals surface area contributed by atoms with Gasteiger partial charge in [0.25, 0.3) is 0 Å². The van der Waals surface area contributed by atoms with Crippen molar-refractivity contribution in [2.75, 3.05) is 0 Å². The predicted molar refractivity (Wildman–Crippen MR) is 69.0 cm³/mol. The van der Waals surface area contributed by atoms with Gasteiger partial charge in [0.15, 0.2) is 0 Å². The summed E-state index contributed by atoms with van der Waals surface area (Å²) in [5.74, 6) is 0.206. The van der Waals surface area contributed by atoms with Gasteiger partial charge in [-0.2, -0.15) is 0 Å². The second-order valence-corrected chi connectivity index (χ2v) is 6.18. The molecular formula is C14H21ClMgO. The molecule has 0 radical (unpaired) electrons. The van der Waals surface area contributed by atoms with Gasteiger partial charge in [-0.3, -0.25) is 0 Å². The number of hydrogen-bond acceptors (Lipinski definition) is 1. The van der Waals surface area contributed by atoms with Crippen LogP contribution in [0.5, 0.6) is 5.75 Å². The average molecular weight is 265 g/mol. The summed E-state index contributed by atoms with van der Waals surface area (Å²) in [6.07, 6.45) is 0. The second kappa shape index (κ2) is 6.30. The quantitative estimate of drug-likeness (QED) is 0.604. The molecular weight excluding hydrogens is 244 g/mol. The van der Waals surface area contributed by atoms with E-state index in [9.17, 15) is 5.11 Å². The van der Waals surface area contributed by atoms with Crippen molar-refractivity contribution >= 4 is 23.1 Å². The standard InChI is InChI=1S/C14H22O.ClH.Mg/c1-13(2,3)10-8-7-9-11(12(10)15)14(4,5)6;;/h7-9,15H,1-6H3;1H;/q;;+2/p-2. The second-order valence-electron chi connectivity index (χ2n) is 6.18. The smallest absolute Gasteiger partial charge is 1.00 e. The van der Waals surface area contributed by atoms with Crippen molar-refractivity contribution < 1.29 is 17.5 Å². The van der Waals surface area contributed by atoms with Gasteiger partial charge in [0, 0.05) is 0 Å². The zero-order valence-electron chi connectivity index (χ0n) is 11.7. The Morgan fingerprint density at radius 3 is 1.35 bits per heavy atom. The third-order valence-corrected chi connectivity index (χ3v) is 2.63. The Labute approximate surface area is 128 Å². The molecule has 0 amide bonds. The number of para-hydroxylation sites is 1. The summed E-state index contributed by atoms with van der Waals surface area (Å²) in [4.78, 5) is 0. The van der Waals surface area contributed by atoms with Gasteiger partial charge in [-0.1, -0.05) is 70.9 Å². The molecule has 0 aliphatic carbocycles. The van der Waals surface area contributed by atoms with Gasteiger partial charge in [0.2, 0.25) is 0 Å². The third-order valence-electron chi connectivity index (χ3n) is 2.63. The van der Waals surface area contributed by atoms with Crippen LogP contribution in [0, 0.1) is 0 Å². The average Bonchev–Trinajstić information content (AvgIpc) is 1.99. The maximum Gasteiger partial charge on any atom is 2.00 e. The number of halogens is 1. The van der Waals surface area contributed by atoms with E-state index in [1.807, 2.05) is 18.2 Å². The van der Waals surface area contributed by atoms with E-state index in [-0.39, 0.29) is 52.0 Å². The molecule has 0 spiro atoms.